The van der Waals surface area contributed by atoms with Crippen molar-refractivity contribution in [2.75, 3.05) is 0 Å². The Morgan fingerprint density at radius 1 is 1.05 bits per heavy atom. The normalized spacial score (nSPS) is 12.8. The second kappa shape index (κ2) is 6.96. The molecular weight excluding hydrogens is 252 g/mol. The van der Waals surface area contributed by atoms with E-state index in [9.17, 15) is 0 Å². The molecule has 0 heterocycles. The van der Waals surface area contributed by atoms with Gasteiger partial charge in [0.05, 0.1) is 0 Å². The summed E-state index contributed by atoms with van der Waals surface area (Å²) >= 11 is 6.03. The second-order valence-electron chi connectivity index (χ2n) is 5.21. The molecule has 1 radical (unpaired) electrons. The lowest BCUT2D eigenvalue weighted by Gasteiger charge is -2.16. The van der Waals surface area contributed by atoms with Crippen molar-refractivity contribution >= 4 is 22.4 Å². The van der Waals surface area contributed by atoms with Gasteiger partial charge in [-0.25, -0.2) is 0 Å². The van der Waals surface area contributed by atoms with Crippen molar-refractivity contribution in [1.29, 1.82) is 0 Å². The Hall–Kier alpha value is -1.01. The average Bonchev–Trinajstić information content (AvgIpc) is 2.43. The van der Waals surface area contributed by atoms with Gasteiger partial charge in [0.2, 0.25) is 0 Å². The molecule has 2 aromatic rings. The highest BCUT2D eigenvalue weighted by molar-refractivity contribution is 6.31. The first-order valence-electron chi connectivity index (χ1n) is 7.23. The number of hydrogen-bond acceptors (Lipinski definition) is 0. The van der Waals surface area contributed by atoms with Crippen LogP contribution in [-0.4, -0.2) is 0 Å². The SMILES string of the molecule is [CH2]CCCCC(CC)c1ccc2cc(Cl)ccc2c1. The number of fused-ring (bicyclic) bond motifs is 1. The van der Waals surface area contributed by atoms with Gasteiger partial charge in [0, 0.05) is 5.02 Å². The van der Waals surface area contributed by atoms with Gasteiger partial charge in [0.15, 0.2) is 0 Å². The Morgan fingerprint density at radius 3 is 2.53 bits per heavy atom. The van der Waals surface area contributed by atoms with Gasteiger partial charge >= 0.3 is 0 Å². The smallest absolute Gasteiger partial charge is 0.0412 e. The van der Waals surface area contributed by atoms with Crippen molar-refractivity contribution < 1.29 is 0 Å². The van der Waals surface area contributed by atoms with Crippen molar-refractivity contribution in [2.45, 2.75) is 44.9 Å². The van der Waals surface area contributed by atoms with Gasteiger partial charge in [0.1, 0.15) is 0 Å². The number of hydrogen-bond donors (Lipinski definition) is 0. The van der Waals surface area contributed by atoms with Gasteiger partial charge in [-0.15, -0.1) is 0 Å². The van der Waals surface area contributed by atoms with E-state index >= 15 is 0 Å². The predicted molar refractivity (Wildman–Crippen MR) is 85.8 cm³/mol. The molecule has 0 aromatic heterocycles. The van der Waals surface area contributed by atoms with Gasteiger partial charge in [-0.3, -0.25) is 0 Å². The quantitative estimate of drug-likeness (QED) is 0.536. The first-order valence-corrected chi connectivity index (χ1v) is 7.61. The molecule has 1 unspecified atom stereocenters. The molecule has 0 aliphatic carbocycles. The zero-order valence-corrected chi connectivity index (χ0v) is 12.4. The van der Waals surface area contributed by atoms with E-state index in [-0.39, 0.29) is 0 Å². The highest BCUT2D eigenvalue weighted by Crippen LogP contribution is 2.29. The van der Waals surface area contributed by atoms with Crippen LogP contribution < -0.4 is 0 Å². The predicted octanol–water partition coefficient (Wildman–Crippen LogP) is 6.38. The maximum absolute atomic E-state index is 6.03. The molecule has 1 atom stereocenters. The Labute approximate surface area is 121 Å². The van der Waals surface area contributed by atoms with Crippen LogP contribution in [0.2, 0.25) is 5.02 Å². The molecular formula is C18H22Cl. The van der Waals surface area contributed by atoms with E-state index in [2.05, 4.69) is 38.1 Å². The third kappa shape index (κ3) is 3.73. The summed E-state index contributed by atoms with van der Waals surface area (Å²) in [6.07, 6.45) is 6.04. The highest BCUT2D eigenvalue weighted by atomic mass is 35.5. The number of halogens is 1. The molecule has 19 heavy (non-hydrogen) atoms. The van der Waals surface area contributed by atoms with E-state index in [0.717, 1.165) is 11.4 Å². The first-order chi connectivity index (χ1) is 9.24. The highest BCUT2D eigenvalue weighted by Gasteiger charge is 2.09. The van der Waals surface area contributed by atoms with E-state index in [1.165, 1.54) is 42.0 Å². The fourth-order valence-electron chi connectivity index (χ4n) is 2.66. The van der Waals surface area contributed by atoms with E-state index < -0.39 is 0 Å². The Bertz CT molecular complexity index is 530. The zero-order valence-electron chi connectivity index (χ0n) is 11.7. The molecule has 0 saturated carbocycles. The molecule has 0 spiro atoms. The average molecular weight is 274 g/mol. The first kappa shape index (κ1) is 14.4. The van der Waals surface area contributed by atoms with E-state index in [0.29, 0.717) is 5.92 Å². The number of rotatable bonds is 6. The molecule has 0 N–H and O–H groups in total. The fourth-order valence-corrected chi connectivity index (χ4v) is 2.84. The zero-order chi connectivity index (χ0) is 13.7. The van der Waals surface area contributed by atoms with Gasteiger partial charge in [-0.05, 0) is 47.2 Å². The van der Waals surface area contributed by atoms with Gasteiger partial charge in [-0.1, -0.05) is 69.0 Å². The van der Waals surface area contributed by atoms with Crippen LogP contribution in [0.4, 0.5) is 0 Å². The number of benzene rings is 2. The van der Waals surface area contributed by atoms with Crippen LogP contribution in [0.15, 0.2) is 36.4 Å². The lowest BCUT2D eigenvalue weighted by molar-refractivity contribution is 0.560. The maximum Gasteiger partial charge on any atom is 0.0412 e. The van der Waals surface area contributed by atoms with Gasteiger partial charge in [-0.2, -0.15) is 0 Å². The summed E-state index contributed by atoms with van der Waals surface area (Å²) in [5, 5.41) is 3.32. The third-order valence-corrected chi connectivity index (χ3v) is 4.08. The minimum atomic E-state index is 0.673. The molecule has 0 saturated heterocycles. The van der Waals surface area contributed by atoms with Crippen LogP contribution in [0.25, 0.3) is 10.8 Å². The molecule has 2 aromatic carbocycles. The monoisotopic (exact) mass is 273 g/mol. The lowest BCUT2D eigenvalue weighted by Crippen LogP contribution is -1.97. The van der Waals surface area contributed by atoms with Crippen LogP contribution in [0.3, 0.4) is 0 Å². The Balaban J connectivity index is 2.20. The Morgan fingerprint density at radius 2 is 1.79 bits per heavy atom. The van der Waals surface area contributed by atoms with Crippen molar-refractivity contribution in [2.24, 2.45) is 0 Å². The molecule has 101 valence electrons. The van der Waals surface area contributed by atoms with Crippen molar-refractivity contribution in [3.05, 3.63) is 53.9 Å². The summed E-state index contributed by atoms with van der Waals surface area (Å²) in [4.78, 5) is 0. The lowest BCUT2D eigenvalue weighted by atomic mass is 9.89. The molecule has 0 bridgehead atoms. The van der Waals surface area contributed by atoms with Crippen molar-refractivity contribution in [1.82, 2.24) is 0 Å². The van der Waals surface area contributed by atoms with Crippen LogP contribution in [0.1, 0.15) is 50.5 Å². The van der Waals surface area contributed by atoms with Gasteiger partial charge < -0.3 is 0 Å². The number of unbranched alkanes of at least 4 members (excludes halogenated alkanes) is 2. The van der Waals surface area contributed by atoms with E-state index in [4.69, 9.17) is 11.6 Å². The second-order valence-corrected chi connectivity index (χ2v) is 5.64. The molecule has 0 fully saturated rings. The molecule has 2 rings (SSSR count). The summed E-state index contributed by atoms with van der Waals surface area (Å²) in [6.45, 7) is 6.20. The van der Waals surface area contributed by atoms with Crippen molar-refractivity contribution in [3.8, 4) is 0 Å². The third-order valence-electron chi connectivity index (χ3n) is 3.84. The summed E-state index contributed by atoms with van der Waals surface area (Å²) in [5.41, 5.74) is 1.46. The van der Waals surface area contributed by atoms with Crippen molar-refractivity contribution in [3.63, 3.8) is 0 Å². The van der Waals surface area contributed by atoms with Crippen LogP contribution >= 0.6 is 11.6 Å². The molecule has 0 aliphatic rings. The maximum atomic E-state index is 6.03. The summed E-state index contributed by atoms with van der Waals surface area (Å²) < 4.78 is 0. The van der Waals surface area contributed by atoms with Crippen LogP contribution in [0.5, 0.6) is 0 Å². The van der Waals surface area contributed by atoms with Crippen LogP contribution in [0, 0.1) is 6.92 Å². The van der Waals surface area contributed by atoms with Crippen LogP contribution in [-0.2, 0) is 0 Å². The molecule has 1 heteroatoms. The topological polar surface area (TPSA) is 0 Å². The minimum Gasteiger partial charge on any atom is -0.0843 e. The molecule has 0 aliphatic heterocycles. The van der Waals surface area contributed by atoms with E-state index in [1.54, 1.807) is 0 Å². The summed E-state index contributed by atoms with van der Waals surface area (Å²) in [7, 11) is 0. The fraction of sp³-hybridized carbons (Fsp3) is 0.389. The van der Waals surface area contributed by atoms with E-state index in [1.807, 2.05) is 12.1 Å². The summed E-state index contributed by atoms with van der Waals surface area (Å²) in [5.74, 6) is 0.673. The molecule has 0 nitrogen and oxygen atoms in total. The standard InChI is InChI=1S/C18H22Cl/c1-3-5-6-7-14(4-2)15-8-9-17-13-18(19)11-10-16(17)12-15/h8-14H,1,3-7H2,2H3. The largest absolute Gasteiger partial charge is 0.0843 e. The van der Waals surface area contributed by atoms with Gasteiger partial charge in [0.25, 0.3) is 0 Å². The molecule has 0 amide bonds. The Kier molecular flexibility index (Phi) is 5.27. The minimum absolute atomic E-state index is 0.673. The summed E-state index contributed by atoms with van der Waals surface area (Å²) in [6, 6.07) is 12.9.